The number of hydrogen-bond donors (Lipinski definition) is 0. The Morgan fingerprint density at radius 3 is 1.70 bits per heavy atom. The van der Waals surface area contributed by atoms with E-state index >= 15 is 0 Å². The number of hydrogen-bond acceptors (Lipinski definition) is 2. The fourth-order valence-corrected chi connectivity index (χ4v) is 9.19. The molecule has 0 atom stereocenters. The van der Waals surface area contributed by atoms with Gasteiger partial charge in [-0.1, -0.05) is 196 Å². The zero-order chi connectivity index (χ0) is 38.1. The van der Waals surface area contributed by atoms with Gasteiger partial charge in [0.2, 0.25) is 0 Å². The van der Waals surface area contributed by atoms with Crippen molar-refractivity contribution in [2.45, 2.75) is 19.3 Å². The topological polar surface area (TPSA) is 25.8 Å². The van der Waals surface area contributed by atoms with Crippen LogP contribution in [0.1, 0.15) is 25.0 Å². The summed E-state index contributed by atoms with van der Waals surface area (Å²) >= 11 is 0. The van der Waals surface area contributed by atoms with Gasteiger partial charge in [-0.05, 0) is 89.0 Å². The minimum atomic E-state index is -0.0763. The molecule has 0 aliphatic heterocycles. The molecule has 0 unspecified atom stereocenters. The maximum atomic E-state index is 5.22. The van der Waals surface area contributed by atoms with E-state index in [1.54, 1.807) is 0 Å². The van der Waals surface area contributed by atoms with Gasteiger partial charge >= 0.3 is 0 Å². The van der Waals surface area contributed by atoms with Crippen LogP contribution in [0.4, 0.5) is 0 Å². The maximum Gasteiger partial charge on any atom is 0.160 e. The van der Waals surface area contributed by atoms with Crippen molar-refractivity contribution in [3.05, 3.63) is 205 Å². The fraction of sp³-hybridized carbons (Fsp3) is 0.0545. The van der Waals surface area contributed by atoms with Crippen LogP contribution in [0.2, 0.25) is 0 Å². The number of benzene rings is 9. The first-order chi connectivity index (χ1) is 28.0. The van der Waals surface area contributed by atoms with Gasteiger partial charge in [-0.15, -0.1) is 0 Å². The first-order valence-electron chi connectivity index (χ1n) is 19.7. The van der Waals surface area contributed by atoms with Crippen LogP contribution in [-0.4, -0.2) is 9.97 Å². The highest BCUT2D eigenvalue weighted by Gasteiger charge is 2.37. The second-order valence-corrected chi connectivity index (χ2v) is 15.7. The number of rotatable bonds is 5. The summed E-state index contributed by atoms with van der Waals surface area (Å²) in [6.45, 7) is 4.73. The lowest BCUT2D eigenvalue weighted by Crippen LogP contribution is -2.14. The molecule has 9 aromatic carbocycles. The molecule has 10 aromatic rings. The van der Waals surface area contributed by atoms with Crippen molar-refractivity contribution in [1.82, 2.24) is 9.97 Å². The van der Waals surface area contributed by atoms with Crippen LogP contribution in [-0.2, 0) is 5.41 Å². The molecule has 0 fully saturated rings. The number of nitrogens with zero attached hydrogens (tertiary/aromatic N) is 2. The van der Waals surface area contributed by atoms with Crippen LogP contribution in [0.3, 0.4) is 0 Å². The molecule has 0 amide bonds. The third kappa shape index (κ3) is 5.40. The number of aromatic nitrogens is 2. The Hall–Kier alpha value is -7.16. The largest absolute Gasteiger partial charge is 0.228 e. The van der Waals surface area contributed by atoms with E-state index in [1.807, 2.05) is 18.2 Å². The summed E-state index contributed by atoms with van der Waals surface area (Å²) in [5.74, 6) is 0.714. The molecule has 0 bridgehead atoms. The minimum Gasteiger partial charge on any atom is -0.228 e. The Balaban J connectivity index is 1.02. The lowest BCUT2D eigenvalue weighted by Gasteiger charge is -2.21. The molecule has 0 saturated carbocycles. The Bertz CT molecular complexity index is 3190. The van der Waals surface area contributed by atoms with Crippen LogP contribution < -0.4 is 0 Å². The lowest BCUT2D eigenvalue weighted by molar-refractivity contribution is 0.661. The van der Waals surface area contributed by atoms with Crippen LogP contribution in [0.5, 0.6) is 0 Å². The van der Waals surface area contributed by atoms with E-state index in [9.17, 15) is 0 Å². The Morgan fingerprint density at radius 1 is 0.333 bits per heavy atom. The summed E-state index contributed by atoms with van der Waals surface area (Å²) in [7, 11) is 0. The van der Waals surface area contributed by atoms with E-state index < -0.39 is 0 Å². The zero-order valence-electron chi connectivity index (χ0n) is 31.9. The lowest BCUT2D eigenvalue weighted by atomic mass is 9.81. The fourth-order valence-electron chi connectivity index (χ4n) is 9.19. The molecule has 1 heterocycles. The van der Waals surface area contributed by atoms with Crippen LogP contribution >= 0.6 is 0 Å². The molecule has 0 spiro atoms. The van der Waals surface area contributed by atoms with E-state index in [0.717, 1.165) is 33.5 Å². The van der Waals surface area contributed by atoms with Gasteiger partial charge in [0.05, 0.1) is 11.4 Å². The third-order valence-electron chi connectivity index (χ3n) is 12.1. The van der Waals surface area contributed by atoms with Gasteiger partial charge < -0.3 is 0 Å². The van der Waals surface area contributed by atoms with Crippen molar-refractivity contribution in [2.24, 2.45) is 0 Å². The van der Waals surface area contributed by atoms with E-state index in [4.69, 9.17) is 9.97 Å². The Labute approximate surface area is 332 Å². The molecule has 11 rings (SSSR count). The highest BCUT2D eigenvalue weighted by molar-refractivity contribution is 6.07. The molecule has 1 aliphatic rings. The molecule has 1 aliphatic carbocycles. The minimum absolute atomic E-state index is 0.0763. The van der Waals surface area contributed by atoms with Crippen molar-refractivity contribution >= 4 is 32.3 Å². The van der Waals surface area contributed by atoms with Crippen molar-refractivity contribution in [2.75, 3.05) is 0 Å². The third-order valence-corrected chi connectivity index (χ3v) is 12.1. The first-order valence-corrected chi connectivity index (χ1v) is 19.7. The molecular weight excluding hydrogens is 689 g/mol. The van der Waals surface area contributed by atoms with Crippen molar-refractivity contribution < 1.29 is 0 Å². The molecule has 2 nitrogen and oxygen atoms in total. The van der Waals surface area contributed by atoms with Crippen LogP contribution in [0.15, 0.2) is 194 Å². The van der Waals surface area contributed by atoms with Crippen molar-refractivity contribution in [3.63, 3.8) is 0 Å². The van der Waals surface area contributed by atoms with E-state index in [0.29, 0.717) is 5.82 Å². The van der Waals surface area contributed by atoms with Crippen LogP contribution in [0.25, 0.3) is 99.6 Å². The summed E-state index contributed by atoms with van der Waals surface area (Å²) in [5.41, 5.74) is 15.3. The summed E-state index contributed by atoms with van der Waals surface area (Å²) in [6, 6.07) is 70.1. The van der Waals surface area contributed by atoms with Gasteiger partial charge in [0.25, 0.3) is 0 Å². The van der Waals surface area contributed by atoms with E-state index in [-0.39, 0.29) is 5.41 Å². The summed E-state index contributed by atoms with van der Waals surface area (Å²) in [5, 5.41) is 7.36. The molecule has 57 heavy (non-hydrogen) atoms. The maximum absolute atomic E-state index is 5.22. The van der Waals surface area contributed by atoms with E-state index in [1.165, 1.54) is 71.4 Å². The normalized spacial score (nSPS) is 12.9. The second-order valence-electron chi connectivity index (χ2n) is 15.7. The number of fused-ring (bicyclic) bond motifs is 7. The monoisotopic (exact) mass is 726 g/mol. The average molecular weight is 727 g/mol. The Kier molecular flexibility index (Phi) is 7.55. The SMILES string of the molecule is CC1(C)c2cccc(-c3ccc(-c4ccc(-c5cc(-c6ccc7ccccc7c6)nc(-c6ccccc6)n5)c5ccccc45)cc3)c2-c2c1ccc1ccccc21. The highest BCUT2D eigenvalue weighted by Crippen LogP contribution is 2.54. The molecule has 0 N–H and O–H groups in total. The molecule has 0 radical (unpaired) electrons. The average Bonchev–Trinajstić information content (AvgIpc) is 3.52. The van der Waals surface area contributed by atoms with E-state index in [2.05, 4.69) is 190 Å². The Morgan fingerprint density at radius 2 is 0.912 bits per heavy atom. The molecule has 1 aromatic heterocycles. The first kappa shape index (κ1) is 33.2. The molecule has 2 heteroatoms. The smallest absolute Gasteiger partial charge is 0.160 e. The van der Waals surface area contributed by atoms with Gasteiger partial charge in [-0.2, -0.15) is 0 Å². The van der Waals surface area contributed by atoms with Crippen molar-refractivity contribution in [3.8, 4) is 67.3 Å². The predicted molar refractivity (Wildman–Crippen MR) is 239 cm³/mol. The highest BCUT2D eigenvalue weighted by atomic mass is 14.9. The molecule has 268 valence electrons. The van der Waals surface area contributed by atoms with Crippen LogP contribution in [0, 0.1) is 0 Å². The summed E-state index contributed by atoms with van der Waals surface area (Å²) in [6.07, 6.45) is 0. The molecule has 0 saturated heterocycles. The quantitative estimate of drug-likeness (QED) is 0.176. The van der Waals surface area contributed by atoms with Gasteiger partial charge in [0.15, 0.2) is 5.82 Å². The molecular formula is C55H38N2. The van der Waals surface area contributed by atoms with Gasteiger partial charge in [-0.3, -0.25) is 0 Å². The van der Waals surface area contributed by atoms with Gasteiger partial charge in [0.1, 0.15) is 0 Å². The summed E-state index contributed by atoms with van der Waals surface area (Å²) < 4.78 is 0. The van der Waals surface area contributed by atoms with Gasteiger partial charge in [0, 0.05) is 22.1 Å². The second kappa shape index (κ2) is 13.0. The standard InChI is InChI=1S/C55H38N2/c1-55(2)48-22-12-21-44(52(48)53-43-18-9-8-14-36(43)29-32-49(53)55)38-26-24-37(25-27-38)42-30-31-47(46-20-11-10-19-45(42)46)51-34-50(56-54(57-51)39-15-4-3-5-16-39)41-28-23-35-13-6-7-17-40(35)33-41/h3-34H,1-2H3. The predicted octanol–water partition coefficient (Wildman–Crippen LogP) is 14.6. The summed E-state index contributed by atoms with van der Waals surface area (Å²) in [4.78, 5) is 10.4. The van der Waals surface area contributed by atoms with Gasteiger partial charge in [-0.25, -0.2) is 9.97 Å². The zero-order valence-corrected chi connectivity index (χ0v) is 31.9. The van der Waals surface area contributed by atoms with Crippen molar-refractivity contribution in [1.29, 1.82) is 0 Å².